The van der Waals surface area contributed by atoms with Gasteiger partial charge in [0.15, 0.2) is 10.8 Å². The lowest BCUT2D eigenvalue weighted by Gasteiger charge is -2.21. The molecule has 37 heavy (non-hydrogen) atoms. The maximum Gasteiger partial charge on any atom is 0.265 e. The van der Waals surface area contributed by atoms with E-state index in [0.29, 0.717) is 21.9 Å². The molecular weight excluding hydrogens is 482 g/mol. The van der Waals surface area contributed by atoms with Crippen LogP contribution in [0.2, 0.25) is 0 Å². The fourth-order valence-corrected chi connectivity index (χ4v) is 5.97. The zero-order chi connectivity index (χ0) is 25.4. The van der Waals surface area contributed by atoms with E-state index in [1.807, 2.05) is 91.9 Å². The molecule has 3 heterocycles. The molecule has 0 spiro atoms. The standard InChI is InChI=1S/C29H25N5O2S/c1-19-10-8-9-15-24(19)34-27-23(17-30-34)28(36)33-22(18-37-29(33)32-27)16-25(35)31-26(20-11-4-2-5-12-20)21-13-6-3-7-14-21/h2-15,17,22,26H,16,18H2,1H3,(H,31,35). The van der Waals surface area contributed by atoms with Crippen LogP contribution in [0.1, 0.15) is 35.2 Å². The lowest BCUT2D eigenvalue weighted by molar-refractivity contribution is -0.122. The fourth-order valence-electron chi connectivity index (χ4n) is 4.84. The van der Waals surface area contributed by atoms with Crippen LogP contribution in [-0.4, -0.2) is 31.0 Å². The Kier molecular flexibility index (Phi) is 6.10. The largest absolute Gasteiger partial charge is 0.345 e. The topological polar surface area (TPSA) is 81.8 Å². The molecule has 8 heteroatoms. The molecule has 7 nitrogen and oxygen atoms in total. The van der Waals surface area contributed by atoms with Crippen LogP contribution in [0, 0.1) is 6.92 Å². The summed E-state index contributed by atoms with van der Waals surface area (Å²) >= 11 is 1.50. The molecule has 1 amide bonds. The molecule has 0 saturated carbocycles. The average molecular weight is 508 g/mol. The quantitative estimate of drug-likeness (QED) is 0.333. The second-order valence-electron chi connectivity index (χ2n) is 9.14. The van der Waals surface area contributed by atoms with Crippen molar-refractivity contribution in [3.8, 4) is 5.69 Å². The molecular formula is C29H25N5O2S. The van der Waals surface area contributed by atoms with Crippen LogP contribution in [0.3, 0.4) is 0 Å². The van der Waals surface area contributed by atoms with Gasteiger partial charge >= 0.3 is 0 Å². The summed E-state index contributed by atoms with van der Waals surface area (Å²) in [6.07, 6.45) is 1.76. The maximum atomic E-state index is 13.5. The van der Waals surface area contributed by atoms with Gasteiger partial charge in [0.25, 0.3) is 5.56 Å². The van der Waals surface area contributed by atoms with Gasteiger partial charge in [0.1, 0.15) is 5.39 Å². The first-order chi connectivity index (χ1) is 18.1. The number of amides is 1. The van der Waals surface area contributed by atoms with Crippen LogP contribution in [0.25, 0.3) is 16.7 Å². The highest BCUT2D eigenvalue weighted by molar-refractivity contribution is 7.99. The lowest BCUT2D eigenvalue weighted by atomic mass is 9.98. The molecule has 1 N–H and O–H groups in total. The number of benzene rings is 3. The Morgan fingerprint density at radius 3 is 2.32 bits per heavy atom. The Morgan fingerprint density at radius 1 is 1.00 bits per heavy atom. The Morgan fingerprint density at radius 2 is 1.65 bits per heavy atom. The number of hydrogen-bond acceptors (Lipinski definition) is 5. The Hall–Kier alpha value is -4.17. The van der Waals surface area contributed by atoms with Crippen molar-refractivity contribution in [1.82, 2.24) is 24.6 Å². The van der Waals surface area contributed by atoms with Gasteiger partial charge in [-0.15, -0.1) is 0 Å². The summed E-state index contributed by atoms with van der Waals surface area (Å²) in [6.45, 7) is 2.00. The highest BCUT2D eigenvalue weighted by Crippen LogP contribution is 2.34. The first-order valence-corrected chi connectivity index (χ1v) is 13.2. The van der Waals surface area contributed by atoms with Gasteiger partial charge in [-0.05, 0) is 29.7 Å². The normalized spacial score (nSPS) is 14.7. The third-order valence-corrected chi connectivity index (χ3v) is 7.80. The van der Waals surface area contributed by atoms with Gasteiger partial charge in [0, 0.05) is 12.2 Å². The zero-order valence-corrected chi connectivity index (χ0v) is 21.1. The number of carbonyl (C=O) groups excluding carboxylic acids is 1. The Labute approximate surface area is 218 Å². The van der Waals surface area contributed by atoms with E-state index in [0.717, 1.165) is 22.4 Å². The fraction of sp³-hybridized carbons (Fsp3) is 0.172. The van der Waals surface area contributed by atoms with Gasteiger partial charge in [0.05, 0.1) is 24.0 Å². The second-order valence-corrected chi connectivity index (χ2v) is 10.1. The van der Waals surface area contributed by atoms with Gasteiger partial charge in [-0.1, -0.05) is 90.6 Å². The van der Waals surface area contributed by atoms with E-state index in [-0.39, 0.29) is 30.0 Å². The van der Waals surface area contributed by atoms with Crippen LogP contribution in [-0.2, 0) is 4.79 Å². The van der Waals surface area contributed by atoms with Crippen LogP contribution in [0.5, 0.6) is 0 Å². The van der Waals surface area contributed by atoms with E-state index < -0.39 is 0 Å². The molecule has 0 aliphatic carbocycles. The van der Waals surface area contributed by atoms with Crippen LogP contribution < -0.4 is 10.9 Å². The van der Waals surface area contributed by atoms with Crippen molar-refractivity contribution in [2.24, 2.45) is 0 Å². The van der Waals surface area contributed by atoms with E-state index in [2.05, 4.69) is 10.4 Å². The van der Waals surface area contributed by atoms with Crippen LogP contribution >= 0.6 is 11.8 Å². The molecule has 5 aromatic rings. The van der Waals surface area contributed by atoms with Crippen molar-refractivity contribution < 1.29 is 4.79 Å². The van der Waals surface area contributed by atoms with Gasteiger partial charge in [0.2, 0.25) is 5.91 Å². The SMILES string of the molecule is Cc1ccccc1-n1ncc2c(=O)n3c(nc21)SCC3CC(=O)NC(c1ccccc1)c1ccccc1. The number of aromatic nitrogens is 4. The zero-order valence-electron chi connectivity index (χ0n) is 20.2. The summed E-state index contributed by atoms with van der Waals surface area (Å²) in [5, 5.41) is 8.74. The highest BCUT2D eigenvalue weighted by atomic mass is 32.2. The third-order valence-electron chi connectivity index (χ3n) is 6.71. The molecule has 1 aliphatic heterocycles. The van der Waals surface area contributed by atoms with Crippen molar-refractivity contribution in [2.75, 3.05) is 5.75 Å². The summed E-state index contributed by atoms with van der Waals surface area (Å²) in [5.41, 5.74) is 4.33. The molecule has 0 saturated heterocycles. The summed E-state index contributed by atoms with van der Waals surface area (Å²) in [6, 6.07) is 27.2. The van der Waals surface area contributed by atoms with Gasteiger partial charge in [-0.25, -0.2) is 9.67 Å². The van der Waals surface area contributed by atoms with E-state index in [9.17, 15) is 9.59 Å². The van der Waals surface area contributed by atoms with Crippen molar-refractivity contribution in [2.45, 2.75) is 30.6 Å². The van der Waals surface area contributed by atoms with Gasteiger partial charge in [-0.2, -0.15) is 5.10 Å². The Bertz CT molecular complexity index is 1610. The lowest BCUT2D eigenvalue weighted by Crippen LogP contribution is -2.33. The van der Waals surface area contributed by atoms with E-state index in [1.165, 1.54) is 11.8 Å². The summed E-state index contributed by atoms with van der Waals surface area (Å²) in [7, 11) is 0. The smallest absolute Gasteiger partial charge is 0.265 e. The van der Waals surface area contributed by atoms with E-state index in [4.69, 9.17) is 4.98 Å². The number of carbonyl (C=O) groups is 1. The number of nitrogens with zero attached hydrogens (tertiary/aromatic N) is 4. The molecule has 1 aliphatic rings. The predicted octanol–water partition coefficient (Wildman–Crippen LogP) is 4.83. The van der Waals surface area contributed by atoms with Crippen molar-refractivity contribution in [3.63, 3.8) is 0 Å². The molecule has 0 fully saturated rings. The minimum Gasteiger partial charge on any atom is -0.345 e. The van der Waals surface area contributed by atoms with Crippen LogP contribution in [0.15, 0.2) is 101 Å². The molecule has 184 valence electrons. The first-order valence-electron chi connectivity index (χ1n) is 12.2. The van der Waals surface area contributed by atoms with Crippen LogP contribution in [0.4, 0.5) is 0 Å². The Balaban J connectivity index is 1.29. The number of hydrogen-bond donors (Lipinski definition) is 1. The first kappa shape index (κ1) is 23.2. The molecule has 6 rings (SSSR count). The van der Waals surface area contributed by atoms with Crippen molar-refractivity contribution in [1.29, 1.82) is 0 Å². The summed E-state index contributed by atoms with van der Waals surface area (Å²) < 4.78 is 3.38. The third kappa shape index (κ3) is 4.34. The predicted molar refractivity (Wildman–Crippen MR) is 145 cm³/mol. The number of nitrogens with one attached hydrogen (secondary N) is 1. The number of fused-ring (bicyclic) bond motifs is 2. The minimum atomic E-state index is -0.279. The molecule has 0 radical (unpaired) electrons. The average Bonchev–Trinajstić information content (AvgIpc) is 3.53. The summed E-state index contributed by atoms with van der Waals surface area (Å²) in [5.74, 6) is 0.500. The van der Waals surface area contributed by atoms with E-state index >= 15 is 0 Å². The molecule has 2 aromatic heterocycles. The number of aryl methyl sites for hydroxylation is 1. The second kappa shape index (κ2) is 9.71. The van der Waals surface area contributed by atoms with Gasteiger partial charge in [-0.3, -0.25) is 14.2 Å². The van der Waals surface area contributed by atoms with Gasteiger partial charge < -0.3 is 5.32 Å². The number of thioether (sulfide) groups is 1. The summed E-state index contributed by atoms with van der Waals surface area (Å²) in [4.78, 5) is 31.6. The molecule has 3 aromatic carbocycles. The molecule has 0 bridgehead atoms. The van der Waals surface area contributed by atoms with Crippen molar-refractivity contribution in [3.05, 3.63) is 118 Å². The monoisotopic (exact) mass is 507 g/mol. The number of rotatable bonds is 6. The molecule has 1 atom stereocenters. The number of para-hydroxylation sites is 1. The van der Waals surface area contributed by atoms with E-state index in [1.54, 1.807) is 15.4 Å². The molecule has 1 unspecified atom stereocenters. The van der Waals surface area contributed by atoms with Crippen molar-refractivity contribution >= 4 is 28.7 Å². The minimum absolute atomic E-state index is 0.112. The highest BCUT2D eigenvalue weighted by Gasteiger charge is 2.30. The maximum absolute atomic E-state index is 13.5.